The molecular weight excluding hydrogens is 426 g/mol. The van der Waals surface area contributed by atoms with Crippen LogP contribution in [0.2, 0.25) is 0 Å². The number of carboxylic acid groups (broad SMARTS) is 1. The fourth-order valence-electron chi connectivity index (χ4n) is 4.31. The predicted molar refractivity (Wildman–Crippen MR) is 105 cm³/mol. The topological polar surface area (TPSA) is 92.7 Å². The molecule has 0 saturated carbocycles. The molecule has 0 atom stereocenters. The first-order valence-electron chi connectivity index (χ1n) is 9.39. The van der Waals surface area contributed by atoms with Crippen LogP contribution >= 0.6 is 15.9 Å². The maximum Gasteiger partial charge on any atom is 0.341 e. The minimum absolute atomic E-state index is 0.0350. The smallest absolute Gasteiger partial charge is 0.341 e. The van der Waals surface area contributed by atoms with E-state index >= 15 is 0 Å². The third kappa shape index (κ3) is 3.39. The molecule has 0 unspecified atom stereocenters. The summed E-state index contributed by atoms with van der Waals surface area (Å²) in [6, 6.07) is 5.27. The number of dihydropyridines is 1. The van der Waals surface area contributed by atoms with E-state index in [-0.39, 0.29) is 11.6 Å². The van der Waals surface area contributed by atoms with Crippen LogP contribution in [0.25, 0.3) is 0 Å². The highest BCUT2D eigenvalue weighted by atomic mass is 79.9. The molecule has 4 rings (SSSR count). The minimum atomic E-state index is -1.08. The highest BCUT2D eigenvalue weighted by molar-refractivity contribution is 9.10. The molecule has 1 aromatic rings. The second kappa shape index (κ2) is 7.54. The number of allylic oxidation sites excluding steroid dienone is 4. The number of benzene rings is 1. The van der Waals surface area contributed by atoms with Crippen molar-refractivity contribution >= 4 is 33.5 Å². The molecule has 1 aliphatic heterocycles. The van der Waals surface area contributed by atoms with E-state index in [1.807, 2.05) is 6.07 Å². The number of rotatable bonds is 4. The molecule has 0 spiro atoms. The molecule has 146 valence electrons. The monoisotopic (exact) mass is 445 g/mol. The lowest BCUT2D eigenvalue weighted by Gasteiger charge is -2.37. The number of ether oxygens (including phenoxy) is 1. The van der Waals surface area contributed by atoms with Crippen LogP contribution < -0.4 is 10.1 Å². The van der Waals surface area contributed by atoms with Gasteiger partial charge in [0.25, 0.3) is 0 Å². The number of nitrogens with one attached hydrogen (secondary N) is 1. The molecule has 0 aromatic heterocycles. The molecule has 7 heteroatoms. The number of carbonyl (C=O) groups is 3. The van der Waals surface area contributed by atoms with E-state index in [1.54, 1.807) is 12.1 Å². The Morgan fingerprint density at radius 3 is 2.25 bits per heavy atom. The second-order valence-corrected chi connectivity index (χ2v) is 8.18. The summed E-state index contributed by atoms with van der Waals surface area (Å²) in [7, 11) is 0. The highest BCUT2D eigenvalue weighted by Crippen LogP contribution is 2.47. The van der Waals surface area contributed by atoms with Crippen LogP contribution in [0.1, 0.15) is 50.0 Å². The number of carbonyl (C=O) groups excluding carboxylic acids is 2. The first kappa shape index (κ1) is 18.9. The van der Waals surface area contributed by atoms with Crippen molar-refractivity contribution in [2.75, 3.05) is 6.61 Å². The molecule has 28 heavy (non-hydrogen) atoms. The van der Waals surface area contributed by atoms with Gasteiger partial charge in [-0.3, -0.25) is 9.59 Å². The average Bonchev–Trinajstić information content (AvgIpc) is 2.66. The summed E-state index contributed by atoms with van der Waals surface area (Å²) in [4.78, 5) is 36.8. The fourth-order valence-corrected chi connectivity index (χ4v) is 4.69. The summed E-state index contributed by atoms with van der Waals surface area (Å²) in [5.41, 5.74) is 3.68. The lowest BCUT2D eigenvalue weighted by Crippen LogP contribution is -2.36. The molecule has 6 nitrogen and oxygen atoms in total. The second-order valence-electron chi connectivity index (χ2n) is 7.26. The largest absolute Gasteiger partial charge is 0.482 e. The Morgan fingerprint density at radius 1 is 1.07 bits per heavy atom. The van der Waals surface area contributed by atoms with Crippen molar-refractivity contribution in [2.24, 2.45) is 0 Å². The molecule has 1 aromatic carbocycles. The third-order valence-corrected chi connectivity index (χ3v) is 5.92. The van der Waals surface area contributed by atoms with E-state index in [2.05, 4.69) is 21.2 Å². The molecule has 0 radical (unpaired) electrons. The lowest BCUT2D eigenvalue weighted by atomic mass is 9.71. The number of halogens is 1. The van der Waals surface area contributed by atoms with E-state index < -0.39 is 18.5 Å². The summed E-state index contributed by atoms with van der Waals surface area (Å²) in [6.45, 7) is -0.487. The Morgan fingerprint density at radius 2 is 1.68 bits per heavy atom. The average molecular weight is 446 g/mol. The van der Waals surface area contributed by atoms with Gasteiger partial charge in [-0.2, -0.15) is 0 Å². The van der Waals surface area contributed by atoms with Gasteiger partial charge >= 0.3 is 5.97 Å². The Labute approximate surface area is 170 Å². The molecule has 2 aliphatic carbocycles. The Hall–Kier alpha value is -2.41. The maximum atomic E-state index is 12.9. The van der Waals surface area contributed by atoms with Gasteiger partial charge in [-0.1, -0.05) is 15.9 Å². The number of ketones is 2. The Kier molecular flexibility index (Phi) is 5.10. The van der Waals surface area contributed by atoms with Gasteiger partial charge in [0.05, 0.1) is 0 Å². The molecule has 0 amide bonds. The van der Waals surface area contributed by atoms with Crippen LogP contribution in [0.3, 0.4) is 0 Å². The van der Waals surface area contributed by atoms with Gasteiger partial charge in [0.15, 0.2) is 18.2 Å². The first-order valence-corrected chi connectivity index (χ1v) is 10.2. The van der Waals surface area contributed by atoms with Gasteiger partial charge in [0.2, 0.25) is 0 Å². The molecule has 0 fully saturated rings. The van der Waals surface area contributed by atoms with Gasteiger partial charge < -0.3 is 15.2 Å². The van der Waals surface area contributed by atoms with Crippen LogP contribution in [0, 0.1) is 0 Å². The molecule has 1 heterocycles. The predicted octanol–water partition coefficient (Wildman–Crippen LogP) is 3.61. The quantitative estimate of drug-likeness (QED) is 0.734. The van der Waals surface area contributed by atoms with E-state index in [0.29, 0.717) is 35.3 Å². The summed E-state index contributed by atoms with van der Waals surface area (Å²) in [5, 5.41) is 12.4. The van der Waals surface area contributed by atoms with Gasteiger partial charge in [-0.15, -0.1) is 0 Å². The Bertz CT molecular complexity index is 904. The van der Waals surface area contributed by atoms with Crippen LogP contribution in [0.4, 0.5) is 0 Å². The van der Waals surface area contributed by atoms with Crippen molar-refractivity contribution in [3.05, 3.63) is 50.8 Å². The summed E-state index contributed by atoms with van der Waals surface area (Å²) < 4.78 is 6.31. The third-order valence-electron chi connectivity index (χ3n) is 5.43. The van der Waals surface area contributed by atoms with Gasteiger partial charge in [-0.05, 0) is 43.9 Å². The van der Waals surface area contributed by atoms with Crippen molar-refractivity contribution in [1.82, 2.24) is 5.32 Å². The van der Waals surface area contributed by atoms with Gasteiger partial charge in [-0.25, -0.2) is 4.79 Å². The zero-order chi connectivity index (χ0) is 19.8. The van der Waals surface area contributed by atoms with E-state index in [4.69, 9.17) is 9.84 Å². The van der Waals surface area contributed by atoms with Crippen LogP contribution in [0.15, 0.2) is 45.2 Å². The Balaban J connectivity index is 1.90. The van der Waals surface area contributed by atoms with Crippen molar-refractivity contribution in [1.29, 1.82) is 0 Å². The number of carboxylic acids is 1. The lowest BCUT2D eigenvalue weighted by molar-refractivity contribution is -0.139. The van der Waals surface area contributed by atoms with Crippen LogP contribution in [0.5, 0.6) is 5.75 Å². The van der Waals surface area contributed by atoms with Crippen molar-refractivity contribution < 1.29 is 24.2 Å². The zero-order valence-corrected chi connectivity index (χ0v) is 16.8. The van der Waals surface area contributed by atoms with Crippen LogP contribution in [-0.4, -0.2) is 29.2 Å². The van der Waals surface area contributed by atoms with Gasteiger partial charge in [0.1, 0.15) is 5.75 Å². The van der Waals surface area contributed by atoms with E-state index in [9.17, 15) is 14.4 Å². The van der Waals surface area contributed by atoms with Crippen molar-refractivity contribution in [3.63, 3.8) is 0 Å². The summed E-state index contributed by atoms with van der Waals surface area (Å²) in [5.74, 6) is -1.15. The van der Waals surface area contributed by atoms with Crippen molar-refractivity contribution in [2.45, 2.75) is 44.4 Å². The zero-order valence-electron chi connectivity index (χ0n) is 15.2. The molecule has 0 bridgehead atoms. The molecular formula is C21H20BrNO5. The number of hydrogen-bond acceptors (Lipinski definition) is 5. The normalized spacial score (nSPS) is 19.9. The van der Waals surface area contributed by atoms with Gasteiger partial charge in [0, 0.05) is 51.3 Å². The summed E-state index contributed by atoms with van der Waals surface area (Å²) >= 11 is 3.46. The highest BCUT2D eigenvalue weighted by Gasteiger charge is 2.41. The number of Topliss-reactive ketones (excluding diaryl/α,β-unsaturated/α-hetero) is 2. The SMILES string of the molecule is O=C(O)COc1ccc(Br)cc1C1C2=C(CCCC2=O)NC2=C1C(=O)CCC2. The molecule has 3 aliphatic rings. The standard InChI is InChI=1S/C21H20BrNO5/c22-11-7-8-17(28-10-18(26)27)12(9-11)19-20-13(3-1-5-15(20)24)23-14-4-2-6-16(25)21(14)19/h7-9,19,23H,1-6,10H2,(H,26,27). The summed E-state index contributed by atoms with van der Waals surface area (Å²) in [6.07, 6.45) is 4.01. The first-order chi connectivity index (χ1) is 13.5. The molecule has 2 N–H and O–H groups in total. The van der Waals surface area contributed by atoms with Crippen molar-refractivity contribution in [3.8, 4) is 5.75 Å². The van der Waals surface area contributed by atoms with E-state index in [0.717, 1.165) is 41.6 Å². The number of aliphatic carboxylic acids is 1. The maximum absolute atomic E-state index is 12.9. The number of hydrogen-bond donors (Lipinski definition) is 2. The van der Waals surface area contributed by atoms with Crippen LogP contribution in [-0.2, 0) is 14.4 Å². The fraction of sp³-hybridized carbons (Fsp3) is 0.381. The van der Waals surface area contributed by atoms with E-state index in [1.165, 1.54) is 0 Å². The minimum Gasteiger partial charge on any atom is -0.482 e. The molecule has 0 saturated heterocycles.